The van der Waals surface area contributed by atoms with E-state index in [9.17, 15) is 14.4 Å². The lowest BCUT2D eigenvalue weighted by Gasteiger charge is -2.18. The van der Waals surface area contributed by atoms with Crippen LogP contribution in [0.1, 0.15) is 367 Å². The molecule has 0 aromatic carbocycles. The van der Waals surface area contributed by atoms with E-state index in [0.29, 0.717) is 19.3 Å². The summed E-state index contributed by atoms with van der Waals surface area (Å²) >= 11 is 0. The predicted molar refractivity (Wildman–Crippen MR) is 353 cm³/mol. The molecule has 0 aliphatic carbocycles. The molecule has 0 aromatic heterocycles. The molecule has 1 atom stereocenters. The first kappa shape index (κ1) is 77.9. The Morgan fingerprint density at radius 3 is 0.741 bits per heavy atom. The van der Waals surface area contributed by atoms with E-state index in [1.807, 2.05) is 0 Å². The summed E-state index contributed by atoms with van der Waals surface area (Å²) in [7, 11) is 0. The molecular weight excluding hydrogens is 997 g/mol. The van der Waals surface area contributed by atoms with Crippen LogP contribution in [-0.4, -0.2) is 37.2 Å². The van der Waals surface area contributed by atoms with Crippen molar-refractivity contribution in [2.45, 2.75) is 374 Å². The molecule has 0 aliphatic rings. The zero-order valence-electron chi connectivity index (χ0n) is 54.1. The molecule has 0 aliphatic heterocycles. The number of unbranched alkanes of at least 4 members (excludes halogenated alkanes) is 42. The molecule has 0 fully saturated rings. The van der Waals surface area contributed by atoms with E-state index in [-0.39, 0.29) is 31.1 Å². The van der Waals surface area contributed by atoms with Crippen LogP contribution in [0.5, 0.6) is 0 Å². The lowest BCUT2D eigenvalue weighted by molar-refractivity contribution is -0.167. The molecule has 81 heavy (non-hydrogen) atoms. The Morgan fingerprint density at radius 1 is 0.247 bits per heavy atom. The topological polar surface area (TPSA) is 78.9 Å². The van der Waals surface area contributed by atoms with E-state index >= 15 is 0 Å². The van der Waals surface area contributed by atoms with Crippen molar-refractivity contribution in [1.82, 2.24) is 0 Å². The fraction of sp³-hybridized carbons (Fsp3) is 0.800. The third-order valence-electron chi connectivity index (χ3n) is 15.7. The Labute approximate surface area is 503 Å². The van der Waals surface area contributed by atoms with Crippen LogP contribution in [0.25, 0.3) is 0 Å². The fourth-order valence-electron chi connectivity index (χ4n) is 10.3. The molecule has 6 heteroatoms. The third-order valence-corrected chi connectivity index (χ3v) is 15.7. The van der Waals surface area contributed by atoms with Crippen molar-refractivity contribution in [3.8, 4) is 0 Å². The minimum absolute atomic E-state index is 0.0771. The zero-order valence-corrected chi connectivity index (χ0v) is 54.1. The Balaban J connectivity index is 4.21. The molecule has 6 nitrogen and oxygen atoms in total. The molecule has 0 N–H and O–H groups in total. The highest BCUT2D eigenvalue weighted by Gasteiger charge is 2.19. The number of hydrogen-bond donors (Lipinski definition) is 0. The third kappa shape index (κ3) is 67.5. The van der Waals surface area contributed by atoms with Gasteiger partial charge >= 0.3 is 17.9 Å². The van der Waals surface area contributed by atoms with Gasteiger partial charge in [-0.1, -0.05) is 312 Å². The van der Waals surface area contributed by atoms with E-state index in [2.05, 4.69) is 93.7 Å². The summed E-state index contributed by atoms with van der Waals surface area (Å²) in [6.07, 6.45) is 90.8. The van der Waals surface area contributed by atoms with E-state index < -0.39 is 6.10 Å². The summed E-state index contributed by atoms with van der Waals surface area (Å²) in [6.45, 7) is 6.62. The van der Waals surface area contributed by atoms with Gasteiger partial charge in [-0.15, -0.1) is 0 Å². The average Bonchev–Trinajstić information content (AvgIpc) is 3.47. The van der Waals surface area contributed by atoms with Gasteiger partial charge < -0.3 is 14.2 Å². The Morgan fingerprint density at radius 2 is 0.457 bits per heavy atom. The van der Waals surface area contributed by atoms with E-state index in [1.54, 1.807) is 0 Å². The van der Waals surface area contributed by atoms with Crippen molar-refractivity contribution in [3.63, 3.8) is 0 Å². The highest BCUT2D eigenvalue weighted by Crippen LogP contribution is 2.17. The van der Waals surface area contributed by atoms with E-state index in [0.717, 1.165) is 83.5 Å². The molecule has 0 bridgehead atoms. The first-order chi connectivity index (χ1) is 40.0. The maximum atomic E-state index is 12.9. The molecule has 0 amide bonds. The maximum absolute atomic E-state index is 12.9. The van der Waals surface area contributed by atoms with Crippen molar-refractivity contribution < 1.29 is 28.6 Å². The van der Waals surface area contributed by atoms with Gasteiger partial charge in [-0.2, -0.15) is 0 Å². The predicted octanol–water partition coefficient (Wildman–Crippen LogP) is 24.4. The number of esters is 3. The van der Waals surface area contributed by atoms with Crippen LogP contribution in [0.2, 0.25) is 0 Å². The summed E-state index contributed by atoms with van der Waals surface area (Å²) in [4.78, 5) is 38.4. The van der Waals surface area contributed by atoms with Crippen molar-refractivity contribution in [3.05, 3.63) is 72.9 Å². The van der Waals surface area contributed by atoms with E-state index in [1.165, 1.54) is 244 Å². The molecule has 0 radical (unpaired) electrons. The largest absolute Gasteiger partial charge is 0.462 e. The maximum Gasteiger partial charge on any atom is 0.306 e. The second-order valence-electron chi connectivity index (χ2n) is 23.8. The van der Waals surface area contributed by atoms with Gasteiger partial charge in [0, 0.05) is 19.3 Å². The van der Waals surface area contributed by atoms with Gasteiger partial charge in [0.05, 0.1) is 0 Å². The van der Waals surface area contributed by atoms with Gasteiger partial charge in [0.15, 0.2) is 6.10 Å². The van der Waals surface area contributed by atoms with Crippen LogP contribution >= 0.6 is 0 Å². The summed E-state index contributed by atoms with van der Waals surface area (Å²) in [5, 5.41) is 0. The summed E-state index contributed by atoms with van der Waals surface area (Å²) in [5.74, 6) is -0.873. The standard InChI is InChI=1S/C75H134O6/c1-4-7-10-13-16-19-22-24-26-28-30-32-34-36-37-39-40-42-44-46-48-50-53-56-59-62-65-68-74(77)80-71-72(70-79-73(76)67-64-61-58-55-52-21-18-15-12-9-6-3)81-75(78)69-66-63-60-57-54-51-49-47-45-43-41-38-35-33-31-29-27-25-23-20-17-14-11-8-5-2/h15,18,22-25,28-31,35,38,72H,4-14,16-17,19-21,26-27,32-34,36-37,39-71H2,1-3H3/b18-15-,24-22-,25-23-,30-28-,31-29-,38-35-. The molecule has 0 spiro atoms. The Kier molecular flexibility index (Phi) is 66.6. The first-order valence-electron chi connectivity index (χ1n) is 35.4. The van der Waals surface area contributed by atoms with Crippen molar-refractivity contribution in [2.75, 3.05) is 13.2 Å². The molecule has 0 saturated heterocycles. The molecule has 1 unspecified atom stereocenters. The van der Waals surface area contributed by atoms with Crippen molar-refractivity contribution in [1.29, 1.82) is 0 Å². The molecule has 0 rings (SSSR count). The lowest BCUT2D eigenvalue weighted by atomic mass is 10.0. The lowest BCUT2D eigenvalue weighted by Crippen LogP contribution is -2.30. The summed E-state index contributed by atoms with van der Waals surface area (Å²) in [5.41, 5.74) is 0. The number of hydrogen-bond acceptors (Lipinski definition) is 6. The zero-order chi connectivity index (χ0) is 58.5. The van der Waals surface area contributed by atoms with E-state index in [4.69, 9.17) is 14.2 Å². The van der Waals surface area contributed by atoms with Gasteiger partial charge in [-0.05, 0) is 109 Å². The molecule has 0 saturated carbocycles. The SMILES string of the molecule is CCCC/C=C\CCCCCCCC(=O)OCC(COC(=O)CCCCCCCCCCCCCCCCC/C=C\C/C=C\CCCCCCC)OC(=O)CCCCCCCCCCCC/C=C\C/C=C\C/C=C\CCCCCCC. The minimum Gasteiger partial charge on any atom is -0.462 e. The normalized spacial score (nSPS) is 12.5. The second kappa shape index (κ2) is 69.3. The summed E-state index contributed by atoms with van der Waals surface area (Å²) < 4.78 is 17.0. The van der Waals surface area contributed by atoms with Gasteiger partial charge in [-0.25, -0.2) is 0 Å². The molecule has 470 valence electrons. The number of allylic oxidation sites excluding steroid dienone is 12. The van der Waals surface area contributed by atoms with Crippen LogP contribution in [0.3, 0.4) is 0 Å². The molecule has 0 heterocycles. The van der Waals surface area contributed by atoms with Gasteiger partial charge in [0.25, 0.3) is 0 Å². The summed E-state index contributed by atoms with van der Waals surface area (Å²) in [6, 6.07) is 0. The van der Waals surface area contributed by atoms with Gasteiger partial charge in [-0.3, -0.25) is 14.4 Å². The van der Waals surface area contributed by atoms with Crippen LogP contribution in [0.4, 0.5) is 0 Å². The quantitative estimate of drug-likeness (QED) is 0.0261. The Hall–Kier alpha value is -3.15. The highest BCUT2D eigenvalue weighted by atomic mass is 16.6. The second-order valence-corrected chi connectivity index (χ2v) is 23.8. The number of carbonyl (C=O) groups excluding carboxylic acids is 3. The number of carbonyl (C=O) groups is 3. The molecular formula is C75H134O6. The fourth-order valence-corrected chi connectivity index (χ4v) is 10.3. The van der Waals surface area contributed by atoms with Crippen molar-refractivity contribution >= 4 is 17.9 Å². The van der Waals surface area contributed by atoms with Gasteiger partial charge in [0.1, 0.15) is 13.2 Å². The smallest absolute Gasteiger partial charge is 0.306 e. The van der Waals surface area contributed by atoms with Crippen molar-refractivity contribution in [2.24, 2.45) is 0 Å². The number of ether oxygens (including phenoxy) is 3. The van der Waals surface area contributed by atoms with Crippen LogP contribution in [0.15, 0.2) is 72.9 Å². The van der Waals surface area contributed by atoms with Gasteiger partial charge in [0.2, 0.25) is 0 Å². The number of rotatable bonds is 65. The van der Waals surface area contributed by atoms with Crippen LogP contribution in [-0.2, 0) is 28.6 Å². The van der Waals surface area contributed by atoms with Crippen LogP contribution < -0.4 is 0 Å². The van der Waals surface area contributed by atoms with Crippen LogP contribution in [0, 0.1) is 0 Å². The highest BCUT2D eigenvalue weighted by molar-refractivity contribution is 5.71. The minimum atomic E-state index is -0.781. The Bertz CT molecular complexity index is 1490. The average molecular weight is 1130 g/mol. The first-order valence-corrected chi connectivity index (χ1v) is 35.4. The molecule has 0 aromatic rings. The monoisotopic (exact) mass is 1130 g/mol.